The van der Waals surface area contributed by atoms with Crippen molar-refractivity contribution in [1.82, 2.24) is 10.3 Å². The molecule has 1 atom stereocenters. The van der Waals surface area contributed by atoms with Crippen LogP contribution in [0.3, 0.4) is 0 Å². The van der Waals surface area contributed by atoms with E-state index in [0.717, 1.165) is 39.4 Å². The third-order valence-electron chi connectivity index (χ3n) is 5.00. The molecule has 0 aliphatic rings. The summed E-state index contributed by atoms with van der Waals surface area (Å²) in [7, 11) is 0. The number of benzene rings is 3. The van der Waals surface area contributed by atoms with E-state index in [1.807, 2.05) is 78.9 Å². The fourth-order valence-electron chi connectivity index (χ4n) is 3.36. The van der Waals surface area contributed by atoms with Gasteiger partial charge in [-0.3, -0.25) is 4.79 Å². The molecule has 0 radical (unpaired) electrons. The molecule has 1 unspecified atom stereocenters. The van der Waals surface area contributed by atoms with Crippen LogP contribution in [0.15, 0.2) is 78.9 Å². The zero-order chi connectivity index (χ0) is 21.5. The van der Waals surface area contributed by atoms with E-state index in [9.17, 15) is 9.90 Å². The van der Waals surface area contributed by atoms with Gasteiger partial charge in [-0.1, -0.05) is 54.6 Å². The van der Waals surface area contributed by atoms with Gasteiger partial charge in [0.1, 0.15) is 5.01 Å². The molecule has 0 aliphatic carbocycles. The van der Waals surface area contributed by atoms with Gasteiger partial charge in [-0.15, -0.1) is 11.3 Å². The number of aliphatic hydroxyl groups excluding tert-OH is 1. The van der Waals surface area contributed by atoms with E-state index >= 15 is 0 Å². The fourth-order valence-corrected chi connectivity index (χ4v) is 4.32. The van der Waals surface area contributed by atoms with Gasteiger partial charge in [-0.05, 0) is 48.4 Å². The number of carbonyl (C=O) groups excluding carboxylic acids is 1. The summed E-state index contributed by atoms with van der Waals surface area (Å²) in [5.41, 5.74) is 3.80. The van der Waals surface area contributed by atoms with Crippen LogP contribution in [0.1, 0.15) is 22.2 Å². The minimum atomic E-state index is -0.505. The number of hydrogen-bond acceptors (Lipinski definition) is 5. The normalized spacial score (nSPS) is 12.0. The quantitative estimate of drug-likeness (QED) is 0.345. The number of nitrogens with one attached hydrogen (secondary N) is 2. The summed E-state index contributed by atoms with van der Waals surface area (Å²) < 4.78 is 1.10. The molecule has 1 heterocycles. The van der Waals surface area contributed by atoms with Gasteiger partial charge < -0.3 is 15.7 Å². The van der Waals surface area contributed by atoms with E-state index in [2.05, 4.69) is 15.6 Å². The predicted molar refractivity (Wildman–Crippen MR) is 126 cm³/mol. The molecule has 3 N–H and O–H groups in total. The van der Waals surface area contributed by atoms with Crippen molar-refractivity contribution in [1.29, 1.82) is 0 Å². The van der Waals surface area contributed by atoms with Crippen LogP contribution < -0.4 is 10.6 Å². The number of nitrogens with zero attached hydrogens (tertiary/aromatic N) is 1. The molecule has 1 aromatic heterocycles. The Labute approximate surface area is 185 Å². The number of anilines is 1. The first-order chi connectivity index (χ1) is 15.2. The second-order valence-corrected chi connectivity index (χ2v) is 8.49. The molecule has 6 heteroatoms. The van der Waals surface area contributed by atoms with Gasteiger partial charge >= 0.3 is 0 Å². The summed E-state index contributed by atoms with van der Waals surface area (Å²) in [5.74, 6) is -0.0663. The zero-order valence-electron chi connectivity index (χ0n) is 17.1. The van der Waals surface area contributed by atoms with E-state index in [4.69, 9.17) is 0 Å². The van der Waals surface area contributed by atoms with Crippen LogP contribution >= 0.6 is 11.3 Å². The van der Waals surface area contributed by atoms with Crippen LogP contribution in [0, 0.1) is 0 Å². The first kappa shape index (κ1) is 21.2. The molecular formula is C25H25N3O2S. The molecular weight excluding hydrogens is 406 g/mol. The maximum Gasteiger partial charge on any atom is 0.231 e. The Kier molecular flexibility index (Phi) is 7.04. The second kappa shape index (κ2) is 10.3. The molecule has 3 aromatic carbocycles. The van der Waals surface area contributed by atoms with Crippen molar-refractivity contribution in [3.05, 3.63) is 95.0 Å². The summed E-state index contributed by atoms with van der Waals surface area (Å²) >= 11 is 1.55. The highest BCUT2D eigenvalue weighted by atomic mass is 32.1. The first-order valence-electron chi connectivity index (χ1n) is 10.3. The summed E-state index contributed by atoms with van der Waals surface area (Å²) in [6, 6.07) is 25.4. The van der Waals surface area contributed by atoms with E-state index in [0.29, 0.717) is 6.54 Å². The van der Waals surface area contributed by atoms with Crippen molar-refractivity contribution in [2.24, 2.45) is 0 Å². The van der Waals surface area contributed by atoms with Crippen molar-refractivity contribution in [3.8, 4) is 0 Å². The number of hydrogen-bond donors (Lipinski definition) is 3. The Morgan fingerprint density at radius 3 is 2.48 bits per heavy atom. The molecule has 0 bridgehead atoms. The van der Waals surface area contributed by atoms with Crippen LogP contribution in [0.2, 0.25) is 0 Å². The largest absolute Gasteiger partial charge is 0.387 e. The zero-order valence-corrected chi connectivity index (χ0v) is 17.9. The van der Waals surface area contributed by atoms with Crippen LogP contribution in [0.25, 0.3) is 10.2 Å². The molecule has 0 fully saturated rings. The van der Waals surface area contributed by atoms with Crippen LogP contribution in [-0.2, 0) is 17.6 Å². The smallest absolute Gasteiger partial charge is 0.231 e. The average molecular weight is 432 g/mol. The second-order valence-electron chi connectivity index (χ2n) is 7.38. The Bertz CT molecular complexity index is 1090. The minimum absolute atomic E-state index is 0.0663. The number of para-hydroxylation sites is 1. The summed E-state index contributed by atoms with van der Waals surface area (Å²) in [6.45, 7) is 1.29. The molecule has 4 aromatic rings. The van der Waals surface area contributed by atoms with Gasteiger partial charge in [-0.2, -0.15) is 0 Å². The number of rotatable bonds is 9. The van der Waals surface area contributed by atoms with Gasteiger partial charge in [0.15, 0.2) is 0 Å². The molecule has 0 aliphatic heterocycles. The molecule has 5 nitrogen and oxygen atoms in total. The van der Waals surface area contributed by atoms with Crippen LogP contribution in [-0.4, -0.2) is 29.1 Å². The van der Waals surface area contributed by atoms with Crippen molar-refractivity contribution in [2.75, 3.05) is 18.4 Å². The third kappa shape index (κ3) is 5.98. The molecule has 0 spiro atoms. The van der Waals surface area contributed by atoms with Gasteiger partial charge in [-0.25, -0.2) is 4.98 Å². The van der Waals surface area contributed by atoms with E-state index in [1.54, 1.807) is 11.3 Å². The highest BCUT2D eigenvalue weighted by molar-refractivity contribution is 7.18. The third-order valence-corrected chi connectivity index (χ3v) is 6.04. The Balaban J connectivity index is 1.21. The number of aromatic nitrogens is 1. The van der Waals surface area contributed by atoms with Crippen LogP contribution in [0.5, 0.6) is 0 Å². The molecule has 1 amide bonds. The van der Waals surface area contributed by atoms with Gasteiger partial charge in [0.25, 0.3) is 0 Å². The van der Waals surface area contributed by atoms with Gasteiger partial charge in [0, 0.05) is 12.2 Å². The van der Waals surface area contributed by atoms with Crippen molar-refractivity contribution in [2.45, 2.75) is 18.9 Å². The van der Waals surface area contributed by atoms with E-state index < -0.39 is 6.10 Å². The van der Waals surface area contributed by atoms with E-state index in [1.165, 1.54) is 5.56 Å². The van der Waals surface area contributed by atoms with E-state index in [-0.39, 0.29) is 12.3 Å². The van der Waals surface area contributed by atoms with Gasteiger partial charge in [0.2, 0.25) is 5.91 Å². The molecule has 31 heavy (non-hydrogen) atoms. The molecule has 0 saturated heterocycles. The SMILES string of the molecule is O=C(Cc1nc2ccccc2s1)Nc1ccc(CCNCC(O)c2ccccc2)cc1. The monoisotopic (exact) mass is 431 g/mol. The Hall–Kier alpha value is -3.06. The highest BCUT2D eigenvalue weighted by Gasteiger charge is 2.09. The summed E-state index contributed by atoms with van der Waals surface area (Å²) in [6.07, 6.45) is 0.616. The maximum absolute atomic E-state index is 12.4. The maximum atomic E-state index is 12.4. The lowest BCUT2D eigenvalue weighted by Crippen LogP contribution is -2.23. The standard InChI is InChI=1S/C25H25N3O2S/c29-22(19-6-2-1-3-7-19)17-26-15-14-18-10-12-20(13-11-18)27-24(30)16-25-28-21-8-4-5-9-23(21)31-25/h1-13,22,26,29H,14-17H2,(H,27,30). The first-order valence-corrected chi connectivity index (χ1v) is 11.2. The fraction of sp³-hybridized carbons (Fsp3) is 0.200. The average Bonchev–Trinajstić information content (AvgIpc) is 3.20. The molecule has 0 saturated carbocycles. The number of thiazole rings is 1. The molecule has 158 valence electrons. The predicted octanol–water partition coefficient (Wildman–Crippen LogP) is 4.34. The minimum Gasteiger partial charge on any atom is -0.387 e. The van der Waals surface area contributed by atoms with Crippen molar-refractivity contribution < 1.29 is 9.90 Å². The van der Waals surface area contributed by atoms with Crippen LogP contribution in [0.4, 0.5) is 5.69 Å². The lowest BCUT2D eigenvalue weighted by molar-refractivity contribution is -0.115. The summed E-state index contributed by atoms with van der Waals surface area (Å²) in [5, 5.41) is 17.2. The van der Waals surface area contributed by atoms with Crippen molar-refractivity contribution >= 4 is 33.1 Å². The number of fused-ring (bicyclic) bond motifs is 1. The topological polar surface area (TPSA) is 74.2 Å². The summed E-state index contributed by atoms with van der Waals surface area (Å²) in [4.78, 5) is 16.9. The lowest BCUT2D eigenvalue weighted by Gasteiger charge is -2.12. The lowest BCUT2D eigenvalue weighted by atomic mass is 10.1. The Morgan fingerprint density at radius 2 is 1.71 bits per heavy atom. The van der Waals surface area contributed by atoms with Crippen molar-refractivity contribution in [3.63, 3.8) is 0 Å². The number of amides is 1. The number of aliphatic hydroxyl groups is 1. The van der Waals surface area contributed by atoms with Gasteiger partial charge in [0.05, 0.1) is 22.7 Å². The number of carbonyl (C=O) groups is 1. The Morgan fingerprint density at radius 1 is 0.968 bits per heavy atom. The molecule has 4 rings (SSSR count). The highest BCUT2D eigenvalue weighted by Crippen LogP contribution is 2.22.